The van der Waals surface area contributed by atoms with Gasteiger partial charge in [-0.1, -0.05) is 24.8 Å². The number of rotatable bonds is 2. The maximum Gasteiger partial charge on any atom is 0.0632 e. The first kappa shape index (κ1) is 7.73. The van der Waals surface area contributed by atoms with Crippen LogP contribution in [0.15, 0.2) is 36.9 Å². The molecule has 0 radical (unpaired) electrons. The third-order valence-corrected chi connectivity index (χ3v) is 1.31. The first-order valence-electron chi connectivity index (χ1n) is 3.55. The number of pyridine rings is 1. The van der Waals surface area contributed by atoms with E-state index in [4.69, 9.17) is 0 Å². The molecule has 0 saturated carbocycles. The van der Waals surface area contributed by atoms with Crippen LogP contribution in [0.2, 0.25) is 0 Å². The summed E-state index contributed by atoms with van der Waals surface area (Å²) in [5.74, 6) is 0. The molecule has 0 saturated heterocycles. The molecule has 1 nitrogen and oxygen atoms in total. The smallest absolute Gasteiger partial charge is 0.0632 e. The molecular formula is C10H11N. The highest BCUT2D eigenvalue weighted by atomic mass is 14.7. The van der Waals surface area contributed by atoms with Crippen LogP contribution in [0.3, 0.4) is 0 Å². The Bertz CT molecular complexity index is 274. The average Bonchev–Trinajstić information content (AvgIpc) is 2.01. The van der Waals surface area contributed by atoms with E-state index in [0.29, 0.717) is 0 Å². The Labute approximate surface area is 67.1 Å². The predicted octanol–water partition coefficient (Wildman–Crippen LogP) is 2.59. The lowest BCUT2D eigenvalue weighted by molar-refractivity contribution is 1.18. The quantitative estimate of drug-likeness (QED) is 0.583. The highest BCUT2D eigenvalue weighted by Crippen LogP contribution is 1.99. The lowest BCUT2D eigenvalue weighted by Crippen LogP contribution is -1.82. The second-order valence-corrected chi connectivity index (χ2v) is 2.30. The van der Waals surface area contributed by atoms with Crippen molar-refractivity contribution in [1.29, 1.82) is 0 Å². The number of nitrogens with zero attached hydrogens (tertiary/aromatic N) is 1. The van der Waals surface area contributed by atoms with Gasteiger partial charge < -0.3 is 0 Å². The van der Waals surface area contributed by atoms with E-state index in [1.807, 2.05) is 37.3 Å². The third kappa shape index (κ3) is 2.38. The zero-order chi connectivity index (χ0) is 8.10. The molecule has 11 heavy (non-hydrogen) atoms. The minimum absolute atomic E-state index is 0.977. The molecule has 0 aliphatic carbocycles. The van der Waals surface area contributed by atoms with Crippen LogP contribution in [-0.2, 0) is 0 Å². The Morgan fingerprint density at radius 2 is 2.27 bits per heavy atom. The summed E-state index contributed by atoms with van der Waals surface area (Å²) in [6, 6.07) is 5.93. The molecular weight excluding hydrogens is 134 g/mol. The van der Waals surface area contributed by atoms with E-state index in [0.717, 1.165) is 11.4 Å². The summed E-state index contributed by atoms with van der Waals surface area (Å²) < 4.78 is 0. The van der Waals surface area contributed by atoms with Gasteiger partial charge in [0.05, 0.1) is 5.69 Å². The van der Waals surface area contributed by atoms with Gasteiger partial charge in [0.1, 0.15) is 0 Å². The lowest BCUT2D eigenvalue weighted by atomic mass is 10.3. The first-order chi connectivity index (χ1) is 5.33. The maximum atomic E-state index is 4.28. The zero-order valence-corrected chi connectivity index (χ0v) is 6.62. The van der Waals surface area contributed by atoms with Gasteiger partial charge in [0.2, 0.25) is 0 Å². The summed E-state index contributed by atoms with van der Waals surface area (Å²) in [6.07, 6.45) is 5.55. The molecule has 0 N–H and O–H groups in total. The van der Waals surface area contributed by atoms with Crippen LogP contribution in [0.5, 0.6) is 0 Å². The molecule has 1 rings (SSSR count). The summed E-state index contributed by atoms with van der Waals surface area (Å²) in [7, 11) is 0. The Morgan fingerprint density at radius 3 is 2.91 bits per heavy atom. The predicted molar refractivity (Wildman–Crippen MR) is 48.2 cm³/mol. The molecule has 1 aromatic rings. The molecule has 0 amide bonds. The van der Waals surface area contributed by atoms with Crippen molar-refractivity contribution in [2.24, 2.45) is 0 Å². The standard InChI is InChI=1S/C10H11N/c1-3-4-7-10-8-5-6-9(2)11-10/h3-8H,1H2,2H3. The molecule has 0 unspecified atom stereocenters. The van der Waals surface area contributed by atoms with Gasteiger partial charge in [-0.15, -0.1) is 0 Å². The van der Waals surface area contributed by atoms with Gasteiger partial charge in [0.25, 0.3) is 0 Å². The van der Waals surface area contributed by atoms with Gasteiger partial charge in [-0.05, 0) is 25.1 Å². The van der Waals surface area contributed by atoms with Crippen LogP contribution in [0.4, 0.5) is 0 Å². The first-order valence-corrected chi connectivity index (χ1v) is 3.55. The van der Waals surface area contributed by atoms with E-state index >= 15 is 0 Å². The largest absolute Gasteiger partial charge is 0.254 e. The van der Waals surface area contributed by atoms with E-state index in [9.17, 15) is 0 Å². The van der Waals surface area contributed by atoms with Crippen molar-refractivity contribution in [3.8, 4) is 0 Å². The summed E-state index contributed by atoms with van der Waals surface area (Å²) in [5, 5.41) is 0. The summed E-state index contributed by atoms with van der Waals surface area (Å²) in [5.41, 5.74) is 2.01. The number of allylic oxidation sites excluding steroid dienone is 2. The molecule has 0 aliphatic rings. The van der Waals surface area contributed by atoms with Crippen molar-refractivity contribution in [2.45, 2.75) is 6.92 Å². The fraction of sp³-hybridized carbons (Fsp3) is 0.100. The second kappa shape index (κ2) is 3.71. The molecule has 1 heteroatoms. The van der Waals surface area contributed by atoms with E-state index in [-0.39, 0.29) is 0 Å². The molecule has 56 valence electrons. The average molecular weight is 145 g/mol. The topological polar surface area (TPSA) is 12.9 Å². The van der Waals surface area contributed by atoms with Crippen molar-refractivity contribution in [3.05, 3.63) is 48.3 Å². The maximum absolute atomic E-state index is 4.28. The molecule has 0 aliphatic heterocycles. The van der Waals surface area contributed by atoms with Crippen molar-refractivity contribution < 1.29 is 0 Å². The van der Waals surface area contributed by atoms with Gasteiger partial charge >= 0.3 is 0 Å². The number of hydrogen-bond acceptors (Lipinski definition) is 1. The van der Waals surface area contributed by atoms with Crippen LogP contribution >= 0.6 is 0 Å². The Balaban J connectivity index is 2.87. The van der Waals surface area contributed by atoms with Gasteiger partial charge in [-0.3, -0.25) is 4.98 Å². The van der Waals surface area contributed by atoms with Crippen LogP contribution in [0.1, 0.15) is 11.4 Å². The summed E-state index contributed by atoms with van der Waals surface area (Å²) >= 11 is 0. The minimum Gasteiger partial charge on any atom is -0.254 e. The van der Waals surface area contributed by atoms with Gasteiger partial charge in [-0.25, -0.2) is 0 Å². The van der Waals surface area contributed by atoms with Gasteiger partial charge in [0.15, 0.2) is 0 Å². The SMILES string of the molecule is C=CC=Cc1cccc(C)n1. The Hall–Kier alpha value is -1.37. The van der Waals surface area contributed by atoms with E-state index in [1.165, 1.54) is 0 Å². The fourth-order valence-electron chi connectivity index (χ4n) is 0.824. The lowest BCUT2D eigenvalue weighted by Gasteiger charge is -1.92. The Morgan fingerprint density at radius 1 is 1.45 bits per heavy atom. The number of hydrogen-bond donors (Lipinski definition) is 0. The van der Waals surface area contributed by atoms with E-state index in [1.54, 1.807) is 6.08 Å². The summed E-state index contributed by atoms with van der Waals surface area (Å²) in [6.45, 7) is 5.56. The molecule has 1 heterocycles. The second-order valence-electron chi connectivity index (χ2n) is 2.30. The highest BCUT2D eigenvalue weighted by molar-refractivity contribution is 5.46. The molecule has 0 bridgehead atoms. The highest BCUT2D eigenvalue weighted by Gasteiger charge is 1.86. The third-order valence-electron chi connectivity index (χ3n) is 1.31. The number of aromatic nitrogens is 1. The van der Waals surface area contributed by atoms with Crippen LogP contribution < -0.4 is 0 Å². The molecule has 0 spiro atoms. The van der Waals surface area contributed by atoms with Crippen LogP contribution in [0.25, 0.3) is 6.08 Å². The van der Waals surface area contributed by atoms with E-state index in [2.05, 4.69) is 11.6 Å². The molecule has 0 fully saturated rings. The van der Waals surface area contributed by atoms with Crippen LogP contribution in [-0.4, -0.2) is 4.98 Å². The number of aryl methyl sites for hydroxylation is 1. The molecule has 0 atom stereocenters. The minimum atomic E-state index is 0.977. The molecule has 1 aromatic heterocycles. The van der Waals surface area contributed by atoms with E-state index < -0.39 is 0 Å². The van der Waals surface area contributed by atoms with Gasteiger partial charge in [0, 0.05) is 5.69 Å². The molecule has 0 aromatic carbocycles. The fourth-order valence-corrected chi connectivity index (χ4v) is 0.824. The van der Waals surface area contributed by atoms with Crippen molar-refractivity contribution in [3.63, 3.8) is 0 Å². The van der Waals surface area contributed by atoms with Gasteiger partial charge in [-0.2, -0.15) is 0 Å². The normalized spacial score (nSPS) is 10.3. The van der Waals surface area contributed by atoms with Crippen LogP contribution in [0, 0.1) is 6.92 Å². The van der Waals surface area contributed by atoms with Crippen molar-refractivity contribution in [1.82, 2.24) is 4.98 Å². The van der Waals surface area contributed by atoms with Crippen molar-refractivity contribution in [2.75, 3.05) is 0 Å². The summed E-state index contributed by atoms with van der Waals surface area (Å²) in [4.78, 5) is 4.28. The Kier molecular flexibility index (Phi) is 2.61. The zero-order valence-electron chi connectivity index (χ0n) is 6.62. The monoisotopic (exact) mass is 145 g/mol. The van der Waals surface area contributed by atoms with Crippen molar-refractivity contribution >= 4 is 6.08 Å².